The molecule has 0 radical (unpaired) electrons. The highest BCUT2D eigenvalue weighted by Gasteiger charge is 2.46. The molecule has 1 aromatic rings. The van der Waals surface area contributed by atoms with Gasteiger partial charge in [-0.25, -0.2) is 0 Å². The van der Waals surface area contributed by atoms with Crippen molar-refractivity contribution in [1.29, 1.82) is 10.5 Å². The number of rotatable bonds is 1. The molecule has 3 rings (SSSR count). The molecule has 0 aliphatic carbocycles. The van der Waals surface area contributed by atoms with Crippen molar-refractivity contribution in [2.75, 3.05) is 5.01 Å². The minimum Gasteiger partial charge on any atom is -0.283 e. The van der Waals surface area contributed by atoms with Crippen molar-refractivity contribution < 1.29 is 0 Å². The summed E-state index contributed by atoms with van der Waals surface area (Å²) in [6.07, 6.45) is 7.73. The smallest absolute Gasteiger partial charge is 0.155 e. The van der Waals surface area contributed by atoms with Gasteiger partial charge in [-0.05, 0) is 18.2 Å². The van der Waals surface area contributed by atoms with E-state index in [1.807, 2.05) is 64.8 Å². The van der Waals surface area contributed by atoms with Gasteiger partial charge in [0, 0.05) is 6.20 Å². The average molecular weight is 248 g/mol. The molecule has 2 heterocycles. The third kappa shape index (κ3) is 1.66. The van der Waals surface area contributed by atoms with E-state index in [0.29, 0.717) is 0 Å². The first kappa shape index (κ1) is 11.4. The fourth-order valence-corrected chi connectivity index (χ4v) is 2.64. The molecular formula is C15H12N4. The first-order chi connectivity index (χ1) is 9.36. The molecule has 1 unspecified atom stereocenters. The lowest BCUT2D eigenvalue weighted by Crippen LogP contribution is -2.40. The Kier molecular flexibility index (Phi) is 2.70. The van der Waals surface area contributed by atoms with E-state index in [9.17, 15) is 10.5 Å². The maximum absolute atomic E-state index is 9.43. The molecule has 1 fully saturated rings. The van der Waals surface area contributed by atoms with E-state index in [2.05, 4.69) is 12.1 Å². The molecule has 1 saturated heterocycles. The molecule has 2 aliphatic rings. The van der Waals surface area contributed by atoms with Crippen molar-refractivity contribution in [1.82, 2.24) is 5.01 Å². The largest absolute Gasteiger partial charge is 0.283 e. The SMILES string of the molecule is N#C[C@@H]1C2C=CC=CN2N(c2ccccc2)[C@H]1C#N. The lowest BCUT2D eigenvalue weighted by Gasteiger charge is -2.33. The second-order valence-electron chi connectivity index (χ2n) is 4.51. The second kappa shape index (κ2) is 4.51. The molecule has 0 bridgehead atoms. The topological polar surface area (TPSA) is 54.1 Å². The van der Waals surface area contributed by atoms with Gasteiger partial charge in [0.1, 0.15) is 5.92 Å². The minimum absolute atomic E-state index is 0.0696. The highest BCUT2D eigenvalue weighted by atomic mass is 15.7. The molecule has 0 saturated carbocycles. The van der Waals surface area contributed by atoms with Crippen molar-refractivity contribution >= 4 is 5.69 Å². The van der Waals surface area contributed by atoms with Crippen LogP contribution in [0.1, 0.15) is 0 Å². The molecule has 4 heteroatoms. The summed E-state index contributed by atoms with van der Waals surface area (Å²) in [5.41, 5.74) is 0.928. The van der Waals surface area contributed by atoms with Gasteiger partial charge in [-0.2, -0.15) is 10.5 Å². The lowest BCUT2D eigenvalue weighted by atomic mass is 9.95. The first-order valence-electron chi connectivity index (χ1n) is 6.13. The van der Waals surface area contributed by atoms with Gasteiger partial charge >= 0.3 is 0 Å². The van der Waals surface area contributed by atoms with Crippen LogP contribution >= 0.6 is 0 Å². The third-order valence-electron chi connectivity index (χ3n) is 3.49. The van der Waals surface area contributed by atoms with Gasteiger partial charge in [-0.15, -0.1) is 0 Å². The molecule has 3 atom stereocenters. The van der Waals surface area contributed by atoms with Crippen molar-refractivity contribution in [3.05, 3.63) is 54.8 Å². The predicted octanol–water partition coefficient (Wildman–Crippen LogP) is 2.21. The quantitative estimate of drug-likeness (QED) is 0.764. The molecule has 2 aliphatic heterocycles. The zero-order chi connectivity index (χ0) is 13.2. The van der Waals surface area contributed by atoms with Crippen LogP contribution in [0.25, 0.3) is 0 Å². The Labute approximate surface area is 112 Å². The molecule has 1 aromatic carbocycles. The van der Waals surface area contributed by atoms with Crippen molar-refractivity contribution in [3.63, 3.8) is 0 Å². The van der Waals surface area contributed by atoms with Gasteiger partial charge in [0.15, 0.2) is 6.04 Å². The molecule has 4 nitrogen and oxygen atoms in total. The summed E-state index contributed by atoms with van der Waals surface area (Å²) in [6, 6.07) is 13.7. The van der Waals surface area contributed by atoms with Gasteiger partial charge in [0.25, 0.3) is 0 Å². The number of anilines is 1. The van der Waals surface area contributed by atoms with E-state index >= 15 is 0 Å². The van der Waals surface area contributed by atoms with Crippen LogP contribution in [0, 0.1) is 28.6 Å². The van der Waals surface area contributed by atoms with Crippen molar-refractivity contribution in [2.45, 2.75) is 12.1 Å². The Balaban J connectivity index is 2.08. The highest BCUT2D eigenvalue weighted by molar-refractivity contribution is 5.52. The fourth-order valence-electron chi connectivity index (χ4n) is 2.64. The monoisotopic (exact) mass is 248 g/mol. The number of nitrogens with zero attached hydrogens (tertiary/aromatic N) is 4. The van der Waals surface area contributed by atoms with Crippen LogP contribution in [0.15, 0.2) is 54.8 Å². The van der Waals surface area contributed by atoms with Crippen LogP contribution in [0.4, 0.5) is 5.69 Å². The van der Waals surface area contributed by atoms with Gasteiger partial charge < -0.3 is 0 Å². The Morgan fingerprint density at radius 3 is 2.47 bits per heavy atom. The standard InChI is InChI=1S/C15H12N4/c16-10-13-14-8-4-5-9-18(14)19(15(13)11-17)12-6-2-1-3-7-12/h1-9,13-15H/t13-,14?,15+/m1/s1. The van der Waals surface area contributed by atoms with Crippen LogP contribution in [0.3, 0.4) is 0 Å². The summed E-state index contributed by atoms with van der Waals surface area (Å²) in [6.45, 7) is 0. The van der Waals surface area contributed by atoms with E-state index in [4.69, 9.17) is 0 Å². The van der Waals surface area contributed by atoms with Crippen LogP contribution in [-0.2, 0) is 0 Å². The summed E-state index contributed by atoms with van der Waals surface area (Å²) in [4.78, 5) is 0. The van der Waals surface area contributed by atoms with Crippen LogP contribution < -0.4 is 5.01 Å². The molecule has 0 spiro atoms. The Hall–Kier alpha value is -2.72. The summed E-state index contributed by atoms with van der Waals surface area (Å²) < 4.78 is 0. The predicted molar refractivity (Wildman–Crippen MR) is 71.3 cm³/mol. The summed E-state index contributed by atoms with van der Waals surface area (Å²) in [5, 5.41) is 22.7. The van der Waals surface area contributed by atoms with Crippen LogP contribution in [0.5, 0.6) is 0 Å². The number of allylic oxidation sites excluding steroid dienone is 2. The zero-order valence-electron chi connectivity index (χ0n) is 10.2. The molecule has 0 amide bonds. The maximum Gasteiger partial charge on any atom is 0.155 e. The highest BCUT2D eigenvalue weighted by Crippen LogP contribution is 2.36. The van der Waals surface area contributed by atoms with E-state index in [1.165, 1.54) is 0 Å². The Bertz CT molecular complexity index is 605. The summed E-state index contributed by atoms with van der Waals surface area (Å²) in [7, 11) is 0. The average Bonchev–Trinajstić information content (AvgIpc) is 2.81. The number of hydrogen-bond donors (Lipinski definition) is 0. The number of nitriles is 2. The minimum atomic E-state index is -0.468. The lowest BCUT2D eigenvalue weighted by molar-refractivity contribution is 0.351. The number of hydrogen-bond acceptors (Lipinski definition) is 4. The molecule has 0 N–H and O–H groups in total. The van der Waals surface area contributed by atoms with E-state index in [0.717, 1.165) is 5.69 Å². The third-order valence-corrected chi connectivity index (χ3v) is 3.49. The fraction of sp³-hybridized carbons (Fsp3) is 0.200. The molecular weight excluding hydrogens is 236 g/mol. The van der Waals surface area contributed by atoms with Gasteiger partial charge in [-0.3, -0.25) is 10.0 Å². The molecule has 19 heavy (non-hydrogen) atoms. The Morgan fingerprint density at radius 1 is 1.00 bits per heavy atom. The summed E-state index contributed by atoms with van der Waals surface area (Å²) in [5.74, 6) is -0.355. The van der Waals surface area contributed by atoms with Crippen LogP contribution in [-0.4, -0.2) is 17.1 Å². The van der Waals surface area contributed by atoms with Crippen molar-refractivity contribution in [2.24, 2.45) is 5.92 Å². The maximum atomic E-state index is 9.43. The number of benzene rings is 1. The van der Waals surface area contributed by atoms with Gasteiger partial charge in [-0.1, -0.05) is 30.4 Å². The molecule has 0 aromatic heterocycles. The zero-order valence-corrected chi connectivity index (χ0v) is 10.2. The van der Waals surface area contributed by atoms with E-state index in [1.54, 1.807) is 0 Å². The Morgan fingerprint density at radius 2 is 1.79 bits per heavy atom. The number of para-hydroxylation sites is 1. The van der Waals surface area contributed by atoms with Crippen molar-refractivity contribution in [3.8, 4) is 12.1 Å². The van der Waals surface area contributed by atoms with Gasteiger partial charge in [0.2, 0.25) is 0 Å². The number of hydrazine groups is 1. The second-order valence-corrected chi connectivity index (χ2v) is 4.51. The van der Waals surface area contributed by atoms with Gasteiger partial charge in [0.05, 0.1) is 23.9 Å². The van der Waals surface area contributed by atoms with E-state index < -0.39 is 6.04 Å². The molecule has 92 valence electrons. The first-order valence-corrected chi connectivity index (χ1v) is 6.13. The summed E-state index contributed by atoms with van der Waals surface area (Å²) >= 11 is 0. The normalized spacial score (nSPS) is 27.8. The van der Waals surface area contributed by atoms with E-state index in [-0.39, 0.29) is 12.0 Å². The van der Waals surface area contributed by atoms with Crippen LogP contribution in [0.2, 0.25) is 0 Å². The number of fused-ring (bicyclic) bond motifs is 1.